The molecule has 6 nitrogen and oxygen atoms in total. The number of carbonyl (C=O) groups excluding carboxylic acids is 2. The molecular weight excluding hydrogens is 354 g/mol. The van der Waals surface area contributed by atoms with E-state index in [0.717, 1.165) is 44.9 Å². The average molecular weight is 383 g/mol. The van der Waals surface area contributed by atoms with Gasteiger partial charge in [0.15, 0.2) is 0 Å². The molecule has 2 heterocycles. The highest BCUT2D eigenvalue weighted by molar-refractivity contribution is 5.90. The minimum absolute atomic E-state index is 0.0153. The Hall–Kier alpha value is -2.37. The molecule has 2 atom stereocenters. The van der Waals surface area contributed by atoms with Crippen molar-refractivity contribution in [2.45, 2.75) is 63.5 Å². The van der Waals surface area contributed by atoms with Gasteiger partial charge < -0.3 is 15.0 Å². The number of rotatable bonds is 5. The van der Waals surface area contributed by atoms with Crippen LogP contribution >= 0.6 is 0 Å². The summed E-state index contributed by atoms with van der Waals surface area (Å²) < 4.78 is 0. The molecule has 0 aromatic heterocycles. The summed E-state index contributed by atoms with van der Waals surface area (Å²) in [6, 6.07) is 8.05. The van der Waals surface area contributed by atoms with Crippen molar-refractivity contribution >= 4 is 18.0 Å². The maximum absolute atomic E-state index is 13.0. The molecule has 6 heteroatoms. The number of hydrogen-bond donors (Lipinski definition) is 1. The molecule has 1 aromatic carbocycles. The summed E-state index contributed by atoms with van der Waals surface area (Å²) in [6.45, 7) is 1.35. The Morgan fingerprint density at radius 1 is 1.07 bits per heavy atom. The molecule has 0 spiro atoms. The largest absolute Gasteiger partial charge is 0.411 e. The van der Waals surface area contributed by atoms with Gasteiger partial charge in [-0.15, -0.1) is 0 Å². The fourth-order valence-electron chi connectivity index (χ4n) is 5.14. The molecule has 2 fully saturated rings. The highest BCUT2D eigenvalue weighted by Gasteiger charge is 2.39. The summed E-state index contributed by atoms with van der Waals surface area (Å²) in [4.78, 5) is 29.5. The zero-order valence-corrected chi connectivity index (χ0v) is 16.3. The molecule has 2 amide bonds. The lowest BCUT2D eigenvalue weighted by Crippen LogP contribution is -2.49. The van der Waals surface area contributed by atoms with Gasteiger partial charge in [0.25, 0.3) is 0 Å². The molecule has 0 radical (unpaired) electrons. The maximum Gasteiger partial charge on any atom is 0.245 e. The second-order valence-corrected chi connectivity index (χ2v) is 8.33. The van der Waals surface area contributed by atoms with Gasteiger partial charge in [0.1, 0.15) is 6.04 Å². The van der Waals surface area contributed by atoms with Gasteiger partial charge in [-0.3, -0.25) is 9.59 Å². The number of amides is 2. The zero-order valence-electron chi connectivity index (χ0n) is 16.3. The van der Waals surface area contributed by atoms with Crippen LogP contribution in [0, 0.1) is 5.92 Å². The number of benzene rings is 1. The summed E-state index contributed by atoms with van der Waals surface area (Å²) in [6.07, 6.45) is 8.29. The van der Waals surface area contributed by atoms with Crippen LogP contribution < -0.4 is 0 Å². The van der Waals surface area contributed by atoms with E-state index in [-0.39, 0.29) is 23.9 Å². The topological polar surface area (TPSA) is 73.2 Å². The van der Waals surface area contributed by atoms with Gasteiger partial charge in [0.05, 0.1) is 12.3 Å². The molecule has 150 valence electrons. The van der Waals surface area contributed by atoms with E-state index in [1.807, 2.05) is 0 Å². The smallest absolute Gasteiger partial charge is 0.245 e. The highest BCUT2D eigenvalue weighted by Crippen LogP contribution is 2.30. The predicted molar refractivity (Wildman–Crippen MR) is 106 cm³/mol. The van der Waals surface area contributed by atoms with Crippen molar-refractivity contribution in [3.8, 4) is 0 Å². The fourth-order valence-corrected chi connectivity index (χ4v) is 5.14. The predicted octanol–water partition coefficient (Wildman–Crippen LogP) is 2.62. The first kappa shape index (κ1) is 19.0. The third-order valence-corrected chi connectivity index (χ3v) is 6.58. The van der Waals surface area contributed by atoms with Crippen LogP contribution in [0.2, 0.25) is 0 Å². The van der Waals surface area contributed by atoms with E-state index in [1.54, 1.807) is 9.80 Å². The quantitative estimate of drug-likeness (QED) is 0.483. The molecule has 1 aromatic rings. The Bertz CT molecular complexity index is 738. The van der Waals surface area contributed by atoms with Gasteiger partial charge in [-0.05, 0) is 62.0 Å². The zero-order chi connectivity index (χ0) is 19.5. The van der Waals surface area contributed by atoms with Crippen molar-refractivity contribution in [2.75, 3.05) is 13.1 Å². The van der Waals surface area contributed by atoms with Crippen LogP contribution in [0.1, 0.15) is 49.7 Å². The third-order valence-electron chi connectivity index (χ3n) is 6.58. The third kappa shape index (κ3) is 3.77. The molecule has 1 N–H and O–H groups in total. The van der Waals surface area contributed by atoms with Crippen molar-refractivity contribution in [3.05, 3.63) is 35.4 Å². The SMILES string of the molecule is O=C([C@H]1CCCN1C(=O)CCC1Cc2ccccc2C1)N1CCC[C@H]1C=NO. The number of oxime groups is 1. The number of fused-ring (bicyclic) bond motifs is 1. The van der Waals surface area contributed by atoms with Crippen LogP contribution in [-0.2, 0) is 22.4 Å². The van der Waals surface area contributed by atoms with Crippen molar-refractivity contribution in [1.82, 2.24) is 9.80 Å². The van der Waals surface area contributed by atoms with Crippen molar-refractivity contribution in [3.63, 3.8) is 0 Å². The lowest BCUT2D eigenvalue weighted by atomic mass is 9.99. The number of likely N-dealkylation sites (tertiary alicyclic amines) is 2. The molecule has 28 heavy (non-hydrogen) atoms. The van der Waals surface area contributed by atoms with Gasteiger partial charge in [0.2, 0.25) is 11.8 Å². The standard InChI is InChI=1S/C22H29N3O3/c26-21(10-9-16-13-17-5-1-2-6-18(17)14-16)25-12-4-8-20(25)22(27)24-11-3-7-19(24)15-23-28/h1-2,5-6,15-16,19-20,28H,3-4,7-14H2/t19-,20+/m0/s1. The minimum Gasteiger partial charge on any atom is -0.411 e. The average Bonchev–Trinajstić information content (AvgIpc) is 3.44. The number of nitrogens with zero attached hydrogens (tertiary/aromatic N) is 3. The van der Waals surface area contributed by atoms with Gasteiger partial charge in [-0.1, -0.05) is 29.4 Å². The van der Waals surface area contributed by atoms with E-state index in [2.05, 4.69) is 29.4 Å². The Morgan fingerprint density at radius 2 is 1.75 bits per heavy atom. The van der Waals surface area contributed by atoms with E-state index in [0.29, 0.717) is 25.4 Å². The second-order valence-electron chi connectivity index (χ2n) is 8.33. The van der Waals surface area contributed by atoms with Crippen molar-refractivity contribution in [2.24, 2.45) is 11.1 Å². The van der Waals surface area contributed by atoms with Gasteiger partial charge in [-0.25, -0.2) is 0 Å². The maximum atomic E-state index is 13.0. The molecule has 2 aliphatic heterocycles. The van der Waals surface area contributed by atoms with Gasteiger partial charge in [-0.2, -0.15) is 0 Å². The Kier molecular flexibility index (Phi) is 5.64. The van der Waals surface area contributed by atoms with E-state index >= 15 is 0 Å². The molecule has 2 saturated heterocycles. The molecule has 0 bridgehead atoms. The minimum atomic E-state index is -0.346. The Labute approximate surface area is 166 Å². The first-order valence-corrected chi connectivity index (χ1v) is 10.5. The Morgan fingerprint density at radius 3 is 2.46 bits per heavy atom. The van der Waals surface area contributed by atoms with Crippen molar-refractivity contribution in [1.29, 1.82) is 0 Å². The summed E-state index contributed by atoms with van der Waals surface area (Å²) in [7, 11) is 0. The fraction of sp³-hybridized carbons (Fsp3) is 0.591. The number of hydrogen-bond acceptors (Lipinski definition) is 4. The van der Waals surface area contributed by atoms with Crippen LogP contribution in [0.4, 0.5) is 0 Å². The molecule has 0 unspecified atom stereocenters. The van der Waals surface area contributed by atoms with Crippen LogP contribution in [0.3, 0.4) is 0 Å². The van der Waals surface area contributed by atoms with Crippen LogP contribution in [-0.4, -0.2) is 58.2 Å². The summed E-state index contributed by atoms with van der Waals surface area (Å²) in [5.74, 6) is 0.654. The summed E-state index contributed by atoms with van der Waals surface area (Å²) >= 11 is 0. The summed E-state index contributed by atoms with van der Waals surface area (Å²) in [5.41, 5.74) is 2.83. The highest BCUT2D eigenvalue weighted by atomic mass is 16.4. The molecule has 3 aliphatic rings. The molecule has 1 aliphatic carbocycles. The lowest BCUT2D eigenvalue weighted by molar-refractivity contribution is -0.143. The van der Waals surface area contributed by atoms with E-state index in [4.69, 9.17) is 5.21 Å². The first-order chi connectivity index (χ1) is 13.7. The van der Waals surface area contributed by atoms with Gasteiger partial charge >= 0.3 is 0 Å². The normalized spacial score (nSPS) is 25.0. The van der Waals surface area contributed by atoms with Crippen molar-refractivity contribution < 1.29 is 14.8 Å². The molecule has 0 saturated carbocycles. The molecule has 4 rings (SSSR count). The van der Waals surface area contributed by atoms with E-state index in [1.165, 1.54) is 17.3 Å². The van der Waals surface area contributed by atoms with Crippen LogP contribution in [0.5, 0.6) is 0 Å². The molecular formula is C22H29N3O3. The number of carbonyl (C=O) groups is 2. The van der Waals surface area contributed by atoms with E-state index in [9.17, 15) is 9.59 Å². The second kappa shape index (κ2) is 8.33. The van der Waals surface area contributed by atoms with E-state index < -0.39 is 0 Å². The van der Waals surface area contributed by atoms with Gasteiger partial charge in [0, 0.05) is 19.5 Å². The Balaban J connectivity index is 1.33. The van der Waals surface area contributed by atoms with Crippen LogP contribution in [0.15, 0.2) is 29.4 Å². The first-order valence-electron chi connectivity index (χ1n) is 10.5. The summed E-state index contributed by atoms with van der Waals surface area (Å²) in [5, 5.41) is 12.0. The lowest BCUT2D eigenvalue weighted by Gasteiger charge is -2.30. The van der Waals surface area contributed by atoms with Crippen LogP contribution in [0.25, 0.3) is 0 Å². The monoisotopic (exact) mass is 383 g/mol.